The van der Waals surface area contributed by atoms with Crippen molar-refractivity contribution in [1.29, 1.82) is 0 Å². The third-order valence-electron chi connectivity index (χ3n) is 13.8. The van der Waals surface area contributed by atoms with Gasteiger partial charge in [-0.2, -0.15) is 0 Å². The molecule has 0 unspecified atom stereocenters. The molecule has 306 valence electrons. The summed E-state index contributed by atoms with van der Waals surface area (Å²) in [6.07, 6.45) is 1.96. The molecule has 65 heavy (non-hydrogen) atoms. The van der Waals surface area contributed by atoms with E-state index in [2.05, 4.69) is 252 Å². The van der Waals surface area contributed by atoms with E-state index < -0.39 is 10.8 Å². The Hall–Kier alpha value is -8.47. The number of aromatic nitrogens is 1. The highest BCUT2D eigenvalue weighted by Gasteiger charge is 2.48. The van der Waals surface area contributed by atoms with Gasteiger partial charge >= 0.3 is 0 Å². The van der Waals surface area contributed by atoms with Gasteiger partial charge in [-0.15, -0.1) is 0 Å². The predicted octanol–water partition coefficient (Wildman–Crippen LogP) is 15.3. The summed E-state index contributed by atoms with van der Waals surface area (Å²) >= 11 is 0. The van der Waals surface area contributed by atoms with Gasteiger partial charge in [-0.25, -0.2) is 4.98 Å². The second-order valence-electron chi connectivity index (χ2n) is 17.0. The van der Waals surface area contributed by atoms with Gasteiger partial charge in [0.25, 0.3) is 0 Å². The van der Waals surface area contributed by atoms with E-state index in [0.29, 0.717) is 5.71 Å². The molecular weight excluding hydrogens is 791 g/mol. The van der Waals surface area contributed by atoms with E-state index in [1.165, 1.54) is 44.5 Å². The van der Waals surface area contributed by atoms with E-state index in [9.17, 15) is 0 Å². The smallest absolute Gasteiger partial charge is 0.227 e. The van der Waals surface area contributed by atoms with Crippen LogP contribution in [-0.2, 0) is 10.8 Å². The molecule has 2 aromatic heterocycles. The molecule has 0 saturated heterocycles. The van der Waals surface area contributed by atoms with Crippen LogP contribution < -0.4 is 9.80 Å². The van der Waals surface area contributed by atoms with Crippen molar-refractivity contribution in [2.75, 3.05) is 9.80 Å². The monoisotopic (exact) mass is 831 g/mol. The molecule has 0 saturated carbocycles. The molecular formula is C61H41N3O. The number of para-hydroxylation sites is 4. The number of fused-ring (bicyclic) bond motifs is 7. The number of nitrogens with zero attached hydrogens (tertiary/aromatic N) is 3. The van der Waals surface area contributed by atoms with Crippen molar-refractivity contribution in [1.82, 2.24) is 4.98 Å². The van der Waals surface area contributed by atoms with Crippen LogP contribution in [-0.4, -0.2) is 4.98 Å². The Morgan fingerprint density at radius 3 is 1.06 bits per heavy atom. The van der Waals surface area contributed by atoms with Crippen molar-refractivity contribution in [3.63, 3.8) is 0 Å². The van der Waals surface area contributed by atoms with Crippen molar-refractivity contribution in [2.24, 2.45) is 0 Å². The molecule has 2 aliphatic rings. The number of hydrogen-bond acceptors (Lipinski definition) is 4. The summed E-state index contributed by atoms with van der Waals surface area (Å²) in [5, 5.41) is 1.96. The minimum absolute atomic E-state index is 0.545. The standard InChI is InChI=1S/C61H41N3O/c1-5-21-42(22-6-1)60(43-23-7-2-8-24-43)50-29-13-17-33-54(50)63(55-34-18-14-30-51(55)60)46-37-38-58-48(39-46)49-40-47(41-62-59(49)65-58)64-56-35-19-15-31-52(56)61(44-25-9-3-10-26-44,45-27-11-4-12-28-45)53-32-16-20-36-57(53)64/h1-41H. The quantitative estimate of drug-likeness (QED) is 0.167. The van der Waals surface area contributed by atoms with Crippen LogP contribution in [0.2, 0.25) is 0 Å². The van der Waals surface area contributed by atoms with E-state index >= 15 is 0 Å². The fourth-order valence-electron chi connectivity index (χ4n) is 11.3. The number of pyridine rings is 1. The molecule has 4 nitrogen and oxygen atoms in total. The molecule has 11 aromatic rings. The van der Waals surface area contributed by atoms with Crippen LogP contribution in [0.3, 0.4) is 0 Å². The fraction of sp³-hybridized carbons (Fsp3) is 0.0328. The molecule has 0 radical (unpaired) electrons. The SMILES string of the molecule is c1ccc(C2(c3ccccc3)c3ccccc3N(c3ccc4oc5ncc(N6c7ccccc7C(c7ccccc7)(c7ccccc7)c7ccccc76)cc5c4c3)c3ccccc32)cc1. The summed E-state index contributed by atoms with van der Waals surface area (Å²) in [7, 11) is 0. The maximum atomic E-state index is 6.56. The second kappa shape index (κ2) is 14.5. The fourth-order valence-corrected chi connectivity index (χ4v) is 11.3. The van der Waals surface area contributed by atoms with Crippen LogP contribution in [0.25, 0.3) is 22.1 Å². The van der Waals surface area contributed by atoms with Crippen molar-refractivity contribution < 1.29 is 4.42 Å². The van der Waals surface area contributed by atoms with Gasteiger partial charge in [-0.05, 0) is 93.0 Å². The zero-order chi connectivity index (χ0) is 43.0. The lowest BCUT2D eigenvalue weighted by molar-refractivity contribution is 0.654. The van der Waals surface area contributed by atoms with E-state index in [0.717, 1.165) is 50.5 Å². The number of anilines is 6. The number of benzene rings is 9. The van der Waals surface area contributed by atoms with Gasteiger partial charge in [-0.1, -0.05) is 194 Å². The van der Waals surface area contributed by atoms with Crippen LogP contribution in [0, 0.1) is 0 Å². The summed E-state index contributed by atoms with van der Waals surface area (Å²) in [6.45, 7) is 0. The first-order valence-electron chi connectivity index (χ1n) is 22.3. The van der Waals surface area contributed by atoms with E-state index in [1.807, 2.05) is 6.20 Å². The molecule has 0 amide bonds. The van der Waals surface area contributed by atoms with Gasteiger partial charge in [0.15, 0.2) is 0 Å². The molecule has 0 bridgehead atoms. The lowest BCUT2D eigenvalue weighted by atomic mass is 9.62. The van der Waals surface area contributed by atoms with Crippen LogP contribution in [0.1, 0.15) is 44.5 Å². The molecule has 0 spiro atoms. The minimum atomic E-state index is -0.555. The molecule has 4 heterocycles. The van der Waals surface area contributed by atoms with Gasteiger partial charge in [-0.3, -0.25) is 0 Å². The van der Waals surface area contributed by atoms with Gasteiger partial charge < -0.3 is 14.2 Å². The molecule has 13 rings (SSSR count). The third kappa shape index (κ3) is 5.28. The largest absolute Gasteiger partial charge is 0.438 e. The summed E-state index contributed by atoms with van der Waals surface area (Å²) in [5.41, 5.74) is 16.5. The van der Waals surface area contributed by atoms with Crippen LogP contribution in [0.15, 0.2) is 253 Å². The first-order chi connectivity index (χ1) is 32.3. The highest BCUT2D eigenvalue weighted by molar-refractivity contribution is 6.07. The van der Waals surface area contributed by atoms with Gasteiger partial charge in [0.05, 0.1) is 50.8 Å². The number of hydrogen-bond donors (Lipinski definition) is 0. The summed E-state index contributed by atoms with van der Waals surface area (Å²) in [6, 6.07) is 88.1. The van der Waals surface area contributed by atoms with Gasteiger partial charge in [0, 0.05) is 11.1 Å². The Kier molecular flexibility index (Phi) is 8.31. The van der Waals surface area contributed by atoms with Crippen molar-refractivity contribution >= 4 is 56.2 Å². The maximum absolute atomic E-state index is 6.56. The zero-order valence-electron chi connectivity index (χ0n) is 35.4. The average Bonchev–Trinajstić information content (AvgIpc) is 3.75. The topological polar surface area (TPSA) is 32.5 Å². The van der Waals surface area contributed by atoms with E-state index in [-0.39, 0.29) is 0 Å². The summed E-state index contributed by atoms with van der Waals surface area (Å²) in [4.78, 5) is 9.88. The van der Waals surface area contributed by atoms with Crippen molar-refractivity contribution in [3.05, 3.63) is 293 Å². The van der Waals surface area contributed by atoms with E-state index in [4.69, 9.17) is 9.40 Å². The lowest BCUT2D eigenvalue weighted by Crippen LogP contribution is -2.37. The first kappa shape index (κ1) is 37.1. The van der Waals surface area contributed by atoms with Crippen molar-refractivity contribution in [3.8, 4) is 0 Å². The number of furan rings is 1. The summed E-state index contributed by atoms with van der Waals surface area (Å²) < 4.78 is 6.56. The van der Waals surface area contributed by atoms with E-state index in [1.54, 1.807) is 0 Å². The molecule has 9 aromatic carbocycles. The van der Waals surface area contributed by atoms with Gasteiger partial charge in [0.2, 0.25) is 5.71 Å². The molecule has 0 atom stereocenters. The van der Waals surface area contributed by atoms with Gasteiger partial charge in [0.1, 0.15) is 5.58 Å². The van der Waals surface area contributed by atoms with Crippen molar-refractivity contribution in [2.45, 2.75) is 10.8 Å². The Balaban J connectivity index is 1.01. The highest BCUT2D eigenvalue weighted by Crippen LogP contribution is 2.59. The molecule has 0 fully saturated rings. The number of rotatable bonds is 6. The lowest BCUT2D eigenvalue weighted by Gasteiger charge is -2.46. The Morgan fingerprint density at radius 2 is 0.662 bits per heavy atom. The molecule has 4 heteroatoms. The van der Waals surface area contributed by atoms with Crippen LogP contribution in [0.5, 0.6) is 0 Å². The van der Waals surface area contributed by atoms with Crippen LogP contribution >= 0.6 is 0 Å². The summed E-state index contributed by atoms with van der Waals surface area (Å²) in [5.74, 6) is 0. The molecule has 0 N–H and O–H groups in total. The predicted molar refractivity (Wildman–Crippen MR) is 265 cm³/mol. The first-order valence-corrected chi connectivity index (χ1v) is 22.3. The highest BCUT2D eigenvalue weighted by atomic mass is 16.3. The molecule has 0 aliphatic carbocycles. The molecule has 2 aliphatic heterocycles. The average molecular weight is 832 g/mol. The zero-order valence-corrected chi connectivity index (χ0v) is 35.4. The maximum Gasteiger partial charge on any atom is 0.227 e. The second-order valence-corrected chi connectivity index (χ2v) is 17.0. The Labute approximate surface area is 378 Å². The minimum Gasteiger partial charge on any atom is -0.438 e. The Bertz CT molecular complexity index is 3150. The third-order valence-corrected chi connectivity index (χ3v) is 13.8. The van der Waals surface area contributed by atoms with Crippen LogP contribution in [0.4, 0.5) is 34.1 Å². The normalized spacial score (nSPS) is 14.3. The Morgan fingerprint density at radius 1 is 0.323 bits per heavy atom.